The van der Waals surface area contributed by atoms with E-state index in [2.05, 4.69) is 15.3 Å². The van der Waals surface area contributed by atoms with E-state index in [4.69, 9.17) is 4.74 Å². The van der Waals surface area contributed by atoms with Gasteiger partial charge in [0.05, 0.1) is 18.6 Å². The third kappa shape index (κ3) is 2.59. The quantitative estimate of drug-likeness (QED) is 0.880. The number of nitrogens with one attached hydrogen (secondary N) is 1. The van der Waals surface area contributed by atoms with Crippen LogP contribution in [0.15, 0.2) is 35.6 Å². The Labute approximate surface area is 128 Å². The number of anilines is 1. The van der Waals surface area contributed by atoms with Gasteiger partial charge in [-0.1, -0.05) is 18.2 Å². The van der Waals surface area contributed by atoms with Crippen LogP contribution in [0, 0.1) is 6.92 Å². The summed E-state index contributed by atoms with van der Waals surface area (Å²) in [6.07, 6.45) is 1.70. The summed E-state index contributed by atoms with van der Waals surface area (Å²) in [6, 6.07) is 7.74. The fraction of sp³-hybridized carbons (Fsp3) is 0.312. The predicted octanol–water partition coefficient (Wildman–Crippen LogP) is 2.03. The summed E-state index contributed by atoms with van der Waals surface area (Å²) < 4.78 is 7.08. The van der Waals surface area contributed by atoms with E-state index in [1.165, 1.54) is 0 Å². The minimum absolute atomic E-state index is 0.316. The number of ether oxygens (including phenoxy) is 1. The maximum atomic E-state index is 12.3. The van der Waals surface area contributed by atoms with Crippen molar-refractivity contribution in [1.82, 2.24) is 9.55 Å². The molecule has 1 aliphatic rings. The van der Waals surface area contributed by atoms with Gasteiger partial charge >= 0.3 is 5.97 Å². The molecule has 0 atom stereocenters. The molecule has 0 fully saturated rings. The molecule has 0 bridgehead atoms. The fourth-order valence-electron chi connectivity index (χ4n) is 2.43. The van der Waals surface area contributed by atoms with Gasteiger partial charge in [-0.2, -0.15) is 0 Å². The molecule has 6 heteroatoms. The van der Waals surface area contributed by atoms with Gasteiger partial charge < -0.3 is 14.6 Å². The normalized spacial score (nSPS) is 13.6. The molecule has 2 aromatic rings. The number of carbonyl (C=O) groups is 1. The van der Waals surface area contributed by atoms with Crippen molar-refractivity contribution in [3.05, 3.63) is 47.2 Å². The monoisotopic (exact) mass is 298 g/mol. The molecular formula is C16H18N4O2. The molecule has 22 heavy (non-hydrogen) atoms. The maximum absolute atomic E-state index is 12.3. The molecule has 0 aliphatic carbocycles. The molecule has 1 aliphatic heterocycles. The second kappa shape index (κ2) is 6.01. The molecule has 0 spiro atoms. The Morgan fingerprint density at radius 3 is 3.05 bits per heavy atom. The number of aryl methyl sites for hydroxylation is 1. The SMILES string of the molecule is CCOC(=O)c1c2n(cnc1=Nc1ccccc1C)CCN2. The van der Waals surface area contributed by atoms with E-state index in [0.29, 0.717) is 17.7 Å². The molecule has 6 nitrogen and oxygen atoms in total. The number of benzene rings is 1. The largest absolute Gasteiger partial charge is 0.462 e. The highest BCUT2D eigenvalue weighted by molar-refractivity contribution is 5.94. The number of hydrogen-bond acceptors (Lipinski definition) is 5. The number of carbonyl (C=O) groups excluding carboxylic acids is 1. The van der Waals surface area contributed by atoms with Crippen LogP contribution in [0.2, 0.25) is 0 Å². The molecule has 114 valence electrons. The van der Waals surface area contributed by atoms with E-state index in [9.17, 15) is 4.79 Å². The van der Waals surface area contributed by atoms with Crippen LogP contribution in [0.1, 0.15) is 22.8 Å². The van der Waals surface area contributed by atoms with Crippen LogP contribution in [-0.4, -0.2) is 28.7 Å². The Bertz CT molecular complexity index is 780. The third-order valence-electron chi connectivity index (χ3n) is 3.53. The van der Waals surface area contributed by atoms with Crippen LogP contribution in [0.25, 0.3) is 0 Å². The highest BCUT2D eigenvalue weighted by atomic mass is 16.5. The van der Waals surface area contributed by atoms with Gasteiger partial charge in [0.1, 0.15) is 11.4 Å². The molecular weight excluding hydrogens is 280 g/mol. The van der Waals surface area contributed by atoms with Crippen LogP contribution in [0.5, 0.6) is 0 Å². The van der Waals surface area contributed by atoms with Gasteiger partial charge in [0.2, 0.25) is 0 Å². The van der Waals surface area contributed by atoms with Crippen molar-refractivity contribution in [3.8, 4) is 0 Å². The van der Waals surface area contributed by atoms with Gasteiger partial charge in [0.25, 0.3) is 0 Å². The lowest BCUT2D eigenvalue weighted by Crippen LogP contribution is -2.24. The second-order valence-electron chi connectivity index (χ2n) is 5.03. The summed E-state index contributed by atoms with van der Waals surface area (Å²) in [5.74, 6) is 0.321. The van der Waals surface area contributed by atoms with E-state index in [1.807, 2.05) is 35.8 Å². The Morgan fingerprint density at radius 1 is 1.45 bits per heavy atom. The number of nitrogens with zero attached hydrogens (tertiary/aromatic N) is 3. The smallest absolute Gasteiger partial charge is 0.345 e. The first-order chi connectivity index (χ1) is 10.7. The number of aromatic nitrogens is 2. The minimum Gasteiger partial charge on any atom is -0.462 e. The Kier molecular flexibility index (Phi) is 3.91. The molecule has 0 saturated heterocycles. The zero-order chi connectivity index (χ0) is 15.5. The molecule has 2 heterocycles. The van der Waals surface area contributed by atoms with Crippen LogP contribution in [0.4, 0.5) is 11.5 Å². The Morgan fingerprint density at radius 2 is 2.27 bits per heavy atom. The number of hydrogen-bond donors (Lipinski definition) is 1. The summed E-state index contributed by atoms with van der Waals surface area (Å²) in [4.78, 5) is 21.2. The average Bonchev–Trinajstić information content (AvgIpc) is 2.98. The zero-order valence-corrected chi connectivity index (χ0v) is 12.7. The summed E-state index contributed by atoms with van der Waals surface area (Å²) >= 11 is 0. The molecule has 1 aromatic heterocycles. The first-order valence-electron chi connectivity index (χ1n) is 7.31. The van der Waals surface area contributed by atoms with E-state index in [1.54, 1.807) is 13.3 Å². The first kappa shape index (κ1) is 14.3. The van der Waals surface area contributed by atoms with E-state index >= 15 is 0 Å². The van der Waals surface area contributed by atoms with Gasteiger partial charge in [-0.3, -0.25) is 0 Å². The first-order valence-corrected chi connectivity index (χ1v) is 7.31. The molecule has 0 saturated carbocycles. The number of para-hydroxylation sites is 1. The molecule has 1 N–H and O–H groups in total. The van der Waals surface area contributed by atoms with Crippen molar-refractivity contribution in [2.45, 2.75) is 20.4 Å². The summed E-state index contributed by atoms with van der Waals surface area (Å²) in [7, 11) is 0. The lowest BCUT2D eigenvalue weighted by atomic mass is 10.2. The standard InChI is InChI=1S/C16H18N4O2/c1-3-22-16(21)13-14(18-10-20-9-8-17-15(13)20)19-12-7-5-4-6-11(12)2/h4-7,10,17H,3,8-9H2,1-2H3. The maximum Gasteiger partial charge on any atom is 0.345 e. The molecule has 0 unspecified atom stereocenters. The molecule has 0 radical (unpaired) electrons. The van der Waals surface area contributed by atoms with Gasteiger partial charge in [-0.25, -0.2) is 14.8 Å². The van der Waals surface area contributed by atoms with Crippen LogP contribution >= 0.6 is 0 Å². The van der Waals surface area contributed by atoms with Crippen molar-refractivity contribution in [3.63, 3.8) is 0 Å². The third-order valence-corrected chi connectivity index (χ3v) is 3.53. The molecule has 3 rings (SSSR count). The van der Waals surface area contributed by atoms with E-state index < -0.39 is 5.97 Å². The second-order valence-corrected chi connectivity index (χ2v) is 5.03. The highest BCUT2D eigenvalue weighted by Crippen LogP contribution is 2.19. The van der Waals surface area contributed by atoms with Crippen LogP contribution < -0.4 is 10.8 Å². The lowest BCUT2D eigenvalue weighted by molar-refractivity contribution is 0.0524. The van der Waals surface area contributed by atoms with Gasteiger partial charge in [-0.15, -0.1) is 0 Å². The van der Waals surface area contributed by atoms with E-state index in [-0.39, 0.29) is 0 Å². The molecule has 1 aromatic carbocycles. The predicted molar refractivity (Wildman–Crippen MR) is 83.1 cm³/mol. The average molecular weight is 298 g/mol. The van der Waals surface area contributed by atoms with Crippen molar-refractivity contribution >= 4 is 17.5 Å². The summed E-state index contributed by atoms with van der Waals surface area (Å²) in [5, 5.41) is 3.21. The van der Waals surface area contributed by atoms with Gasteiger partial charge in [-0.05, 0) is 25.5 Å². The Hall–Kier alpha value is -2.63. The van der Waals surface area contributed by atoms with Crippen LogP contribution in [-0.2, 0) is 11.3 Å². The van der Waals surface area contributed by atoms with Crippen molar-refractivity contribution in [2.75, 3.05) is 18.5 Å². The van der Waals surface area contributed by atoms with Crippen molar-refractivity contribution in [1.29, 1.82) is 0 Å². The van der Waals surface area contributed by atoms with Crippen molar-refractivity contribution < 1.29 is 9.53 Å². The summed E-state index contributed by atoms with van der Waals surface area (Å²) in [5.41, 5.74) is 2.60. The van der Waals surface area contributed by atoms with Gasteiger partial charge in [0.15, 0.2) is 5.49 Å². The number of esters is 1. The number of rotatable bonds is 3. The minimum atomic E-state index is -0.402. The molecule has 0 amide bonds. The zero-order valence-electron chi connectivity index (χ0n) is 12.7. The van der Waals surface area contributed by atoms with Crippen molar-refractivity contribution in [2.24, 2.45) is 4.99 Å². The lowest BCUT2D eigenvalue weighted by Gasteiger charge is -2.09. The summed E-state index contributed by atoms with van der Waals surface area (Å²) in [6.45, 7) is 5.62. The highest BCUT2D eigenvalue weighted by Gasteiger charge is 2.22. The fourth-order valence-corrected chi connectivity index (χ4v) is 2.43. The topological polar surface area (TPSA) is 68.5 Å². The number of fused-ring (bicyclic) bond motifs is 1. The van der Waals surface area contributed by atoms with E-state index in [0.717, 1.165) is 30.2 Å². The Balaban J connectivity index is 2.20. The van der Waals surface area contributed by atoms with Crippen LogP contribution in [0.3, 0.4) is 0 Å². The van der Waals surface area contributed by atoms with Gasteiger partial charge in [0, 0.05) is 13.1 Å².